The summed E-state index contributed by atoms with van der Waals surface area (Å²) in [5.41, 5.74) is 1.83. The van der Waals surface area contributed by atoms with Gasteiger partial charge in [-0.05, 0) is 44.5 Å². The van der Waals surface area contributed by atoms with Gasteiger partial charge in [0.05, 0.1) is 11.6 Å². The third-order valence-electron chi connectivity index (χ3n) is 3.36. The Morgan fingerprint density at radius 2 is 2.33 bits per heavy atom. The Balaban J connectivity index is 2.15. The highest BCUT2D eigenvalue weighted by atomic mass is 79.9. The van der Waals surface area contributed by atoms with E-state index in [1.54, 1.807) is 0 Å². The van der Waals surface area contributed by atoms with Crippen LogP contribution in [0.15, 0.2) is 22.7 Å². The van der Waals surface area contributed by atoms with Crippen LogP contribution in [0.4, 0.5) is 5.69 Å². The molecule has 0 radical (unpaired) electrons. The van der Waals surface area contributed by atoms with Gasteiger partial charge in [0.25, 0.3) is 0 Å². The molecule has 18 heavy (non-hydrogen) atoms. The maximum absolute atomic E-state index is 9.02. The summed E-state index contributed by atoms with van der Waals surface area (Å²) >= 11 is 3.47. The largest absolute Gasteiger partial charge is 0.370 e. The smallest absolute Gasteiger partial charge is 0.0992 e. The quantitative estimate of drug-likeness (QED) is 0.929. The third-order valence-corrected chi connectivity index (χ3v) is 3.82. The number of hydrogen-bond donors (Lipinski definition) is 1. The van der Waals surface area contributed by atoms with Gasteiger partial charge in [0.2, 0.25) is 0 Å². The summed E-state index contributed by atoms with van der Waals surface area (Å²) in [6, 6.07) is 8.68. The predicted molar refractivity (Wildman–Crippen MR) is 77.8 cm³/mol. The molecule has 1 aliphatic heterocycles. The number of benzene rings is 1. The summed E-state index contributed by atoms with van der Waals surface area (Å²) in [5, 5.41) is 12.5. The van der Waals surface area contributed by atoms with Crippen LogP contribution < -0.4 is 10.2 Å². The van der Waals surface area contributed by atoms with Crippen LogP contribution in [0.1, 0.15) is 25.3 Å². The van der Waals surface area contributed by atoms with Crippen LogP contribution in [0.5, 0.6) is 0 Å². The van der Waals surface area contributed by atoms with E-state index in [0.29, 0.717) is 11.6 Å². The molecule has 0 aromatic heterocycles. The summed E-state index contributed by atoms with van der Waals surface area (Å²) in [5.74, 6) is 0. The normalized spacial score (nSPS) is 18.6. The number of rotatable bonds is 4. The SMILES string of the molecule is CCN(CC1CCCN1)c1cc(Br)cc(C#N)c1. The van der Waals surface area contributed by atoms with E-state index < -0.39 is 0 Å². The molecule has 1 N–H and O–H groups in total. The number of anilines is 1. The molecule has 0 amide bonds. The van der Waals surface area contributed by atoms with Gasteiger partial charge in [-0.3, -0.25) is 0 Å². The van der Waals surface area contributed by atoms with Crippen LogP contribution in [0.3, 0.4) is 0 Å². The summed E-state index contributed by atoms with van der Waals surface area (Å²) < 4.78 is 0.967. The van der Waals surface area contributed by atoms with Gasteiger partial charge in [0.1, 0.15) is 0 Å². The Bertz CT molecular complexity index is 447. The Kier molecular flexibility index (Phi) is 4.62. The first-order chi connectivity index (χ1) is 8.72. The van der Waals surface area contributed by atoms with E-state index in [-0.39, 0.29) is 0 Å². The fraction of sp³-hybridized carbons (Fsp3) is 0.500. The minimum Gasteiger partial charge on any atom is -0.370 e. The van der Waals surface area contributed by atoms with E-state index >= 15 is 0 Å². The Morgan fingerprint density at radius 3 is 2.94 bits per heavy atom. The average molecular weight is 308 g/mol. The first-order valence-corrected chi connectivity index (χ1v) is 7.21. The van der Waals surface area contributed by atoms with Crippen molar-refractivity contribution in [3.8, 4) is 6.07 Å². The van der Waals surface area contributed by atoms with Crippen molar-refractivity contribution >= 4 is 21.6 Å². The molecular weight excluding hydrogens is 290 g/mol. The number of likely N-dealkylation sites (N-methyl/N-ethyl adjacent to an activating group) is 1. The lowest BCUT2D eigenvalue weighted by Crippen LogP contribution is -2.37. The molecule has 4 heteroatoms. The second-order valence-corrected chi connectivity index (χ2v) is 5.56. The van der Waals surface area contributed by atoms with Gasteiger partial charge in [-0.2, -0.15) is 5.26 Å². The molecule has 1 aromatic rings. The van der Waals surface area contributed by atoms with E-state index in [1.807, 2.05) is 12.1 Å². The van der Waals surface area contributed by atoms with Crippen LogP contribution in [-0.2, 0) is 0 Å². The summed E-state index contributed by atoms with van der Waals surface area (Å²) in [6.07, 6.45) is 2.51. The molecule has 1 atom stereocenters. The summed E-state index contributed by atoms with van der Waals surface area (Å²) in [4.78, 5) is 2.33. The van der Waals surface area contributed by atoms with Gasteiger partial charge in [0.15, 0.2) is 0 Å². The number of halogens is 1. The minimum absolute atomic E-state index is 0.578. The van der Waals surface area contributed by atoms with Crippen molar-refractivity contribution in [3.63, 3.8) is 0 Å². The molecule has 0 bridgehead atoms. The Morgan fingerprint density at radius 1 is 1.50 bits per heavy atom. The predicted octanol–water partition coefficient (Wildman–Crippen LogP) is 2.90. The molecule has 96 valence electrons. The molecule has 0 saturated carbocycles. The summed E-state index contributed by atoms with van der Waals surface area (Å²) in [7, 11) is 0. The number of nitrogens with zero attached hydrogens (tertiary/aromatic N) is 2. The van der Waals surface area contributed by atoms with E-state index in [9.17, 15) is 0 Å². The van der Waals surface area contributed by atoms with Crippen molar-refractivity contribution in [3.05, 3.63) is 28.2 Å². The highest BCUT2D eigenvalue weighted by Gasteiger charge is 2.17. The van der Waals surface area contributed by atoms with Gasteiger partial charge < -0.3 is 10.2 Å². The molecule has 1 fully saturated rings. The molecule has 1 aliphatic rings. The fourth-order valence-electron chi connectivity index (χ4n) is 2.42. The maximum Gasteiger partial charge on any atom is 0.0992 e. The first-order valence-electron chi connectivity index (χ1n) is 6.42. The van der Waals surface area contributed by atoms with E-state index in [2.05, 4.69) is 45.2 Å². The highest BCUT2D eigenvalue weighted by Crippen LogP contribution is 2.23. The second kappa shape index (κ2) is 6.21. The summed E-state index contributed by atoms with van der Waals surface area (Å²) in [6.45, 7) is 5.25. The third kappa shape index (κ3) is 3.24. The van der Waals surface area contributed by atoms with Crippen LogP contribution in [0.2, 0.25) is 0 Å². The van der Waals surface area contributed by atoms with Crippen molar-refractivity contribution in [1.29, 1.82) is 5.26 Å². The van der Waals surface area contributed by atoms with Gasteiger partial charge in [-0.15, -0.1) is 0 Å². The standard InChI is InChI=1S/C14H18BrN3/c1-2-18(10-13-4-3-5-17-13)14-7-11(9-16)6-12(15)8-14/h6-8,13,17H,2-5,10H2,1H3. The van der Waals surface area contributed by atoms with Crippen molar-refractivity contribution in [2.75, 3.05) is 24.5 Å². The fourth-order valence-corrected chi connectivity index (χ4v) is 2.90. The number of nitrogens with one attached hydrogen (secondary N) is 1. The minimum atomic E-state index is 0.578. The molecule has 2 rings (SSSR count). The van der Waals surface area contributed by atoms with Crippen molar-refractivity contribution in [1.82, 2.24) is 5.32 Å². The zero-order chi connectivity index (χ0) is 13.0. The number of nitriles is 1. The van der Waals surface area contributed by atoms with Gasteiger partial charge in [0, 0.05) is 29.3 Å². The zero-order valence-electron chi connectivity index (χ0n) is 10.6. The first kappa shape index (κ1) is 13.4. The topological polar surface area (TPSA) is 39.1 Å². The lowest BCUT2D eigenvalue weighted by Gasteiger charge is -2.27. The molecule has 1 heterocycles. The highest BCUT2D eigenvalue weighted by molar-refractivity contribution is 9.10. The van der Waals surface area contributed by atoms with Crippen LogP contribution >= 0.6 is 15.9 Å². The van der Waals surface area contributed by atoms with Crippen LogP contribution in [0, 0.1) is 11.3 Å². The average Bonchev–Trinajstić information content (AvgIpc) is 2.88. The van der Waals surface area contributed by atoms with Crippen molar-refractivity contribution in [2.45, 2.75) is 25.8 Å². The van der Waals surface area contributed by atoms with E-state index in [0.717, 1.165) is 29.8 Å². The molecule has 3 nitrogen and oxygen atoms in total. The van der Waals surface area contributed by atoms with E-state index in [4.69, 9.17) is 5.26 Å². The lowest BCUT2D eigenvalue weighted by molar-refractivity contribution is 0.586. The molecule has 0 aliphatic carbocycles. The Hall–Kier alpha value is -1.05. The van der Waals surface area contributed by atoms with Gasteiger partial charge in [-0.25, -0.2) is 0 Å². The lowest BCUT2D eigenvalue weighted by atomic mass is 10.1. The molecule has 0 spiro atoms. The molecule has 1 aromatic carbocycles. The molecule has 1 unspecified atom stereocenters. The van der Waals surface area contributed by atoms with Gasteiger partial charge >= 0.3 is 0 Å². The Labute approximate surface area is 117 Å². The van der Waals surface area contributed by atoms with Crippen molar-refractivity contribution in [2.24, 2.45) is 0 Å². The number of hydrogen-bond acceptors (Lipinski definition) is 3. The zero-order valence-corrected chi connectivity index (χ0v) is 12.2. The monoisotopic (exact) mass is 307 g/mol. The molecule has 1 saturated heterocycles. The van der Waals surface area contributed by atoms with Crippen LogP contribution in [0.25, 0.3) is 0 Å². The maximum atomic E-state index is 9.02. The molecular formula is C14H18BrN3. The van der Waals surface area contributed by atoms with Crippen LogP contribution in [-0.4, -0.2) is 25.7 Å². The van der Waals surface area contributed by atoms with Crippen molar-refractivity contribution < 1.29 is 0 Å². The van der Waals surface area contributed by atoms with Gasteiger partial charge in [-0.1, -0.05) is 15.9 Å². The van der Waals surface area contributed by atoms with E-state index in [1.165, 1.54) is 12.8 Å². The second-order valence-electron chi connectivity index (χ2n) is 4.64.